The zero-order valence-electron chi connectivity index (χ0n) is 11.2. The SMILES string of the molecule is CCC1CCC(=O)N(Cc2cc(F)cc(Br)c2)CC1. The highest BCUT2D eigenvalue weighted by atomic mass is 79.9. The van der Waals surface area contributed by atoms with Crippen molar-refractivity contribution in [1.29, 1.82) is 0 Å². The molecule has 0 N–H and O–H groups in total. The van der Waals surface area contributed by atoms with Gasteiger partial charge in [-0.15, -0.1) is 0 Å². The summed E-state index contributed by atoms with van der Waals surface area (Å²) < 4.78 is 14.1. The van der Waals surface area contributed by atoms with Crippen LogP contribution in [0.4, 0.5) is 4.39 Å². The van der Waals surface area contributed by atoms with Gasteiger partial charge in [-0.2, -0.15) is 0 Å². The molecule has 0 radical (unpaired) electrons. The van der Waals surface area contributed by atoms with Crippen molar-refractivity contribution in [1.82, 2.24) is 4.90 Å². The number of nitrogens with zero attached hydrogens (tertiary/aromatic N) is 1. The Kier molecular flexibility index (Phi) is 4.97. The van der Waals surface area contributed by atoms with Gasteiger partial charge in [0.2, 0.25) is 5.91 Å². The average molecular weight is 328 g/mol. The Morgan fingerprint density at radius 3 is 2.84 bits per heavy atom. The third-order valence-corrected chi connectivity index (χ3v) is 4.26. The van der Waals surface area contributed by atoms with Gasteiger partial charge in [0.25, 0.3) is 0 Å². The van der Waals surface area contributed by atoms with Crippen LogP contribution < -0.4 is 0 Å². The lowest BCUT2D eigenvalue weighted by Gasteiger charge is -2.21. The molecule has 1 heterocycles. The van der Waals surface area contributed by atoms with Crippen molar-refractivity contribution in [2.24, 2.45) is 5.92 Å². The van der Waals surface area contributed by atoms with Crippen LogP contribution in [-0.2, 0) is 11.3 Å². The van der Waals surface area contributed by atoms with Gasteiger partial charge in [-0.05, 0) is 42.5 Å². The Morgan fingerprint density at radius 1 is 1.37 bits per heavy atom. The zero-order valence-corrected chi connectivity index (χ0v) is 12.7. The Morgan fingerprint density at radius 2 is 2.16 bits per heavy atom. The fraction of sp³-hybridized carbons (Fsp3) is 0.533. The zero-order chi connectivity index (χ0) is 13.8. The number of hydrogen-bond acceptors (Lipinski definition) is 1. The van der Waals surface area contributed by atoms with E-state index in [1.54, 1.807) is 0 Å². The Hall–Kier alpha value is -0.900. The van der Waals surface area contributed by atoms with E-state index in [4.69, 9.17) is 0 Å². The normalized spacial score (nSPS) is 20.5. The summed E-state index contributed by atoms with van der Waals surface area (Å²) >= 11 is 3.29. The van der Waals surface area contributed by atoms with Crippen LogP contribution in [0.15, 0.2) is 22.7 Å². The maximum atomic E-state index is 13.3. The number of carbonyl (C=O) groups is 1. The topological polar surface area (TPSA) is 20.3 Å². The second-order valence-electron chi connectivity index (χ2n) is 5.19. The van der Waals surface area contributed by atoms with Crippen LogP contribution >= 0.6 is 15.9 Å². The van der Waals surface area contributed by atoms with Crippen LogP contribution in [0.5, 0.6) is 0 Å². The quantitative estimate of drug-likeness (QED) is 0.817. The van der Waals surface area contributed by atoms with E-state index >= 15 is 0 Å². The Labute approximate surface area is 122 Å². The first-order valence-corrected chi connectivity index (χ1v) is 7.60. The molecule has 104 valence electrons. The van der Waals surface area contributed by atoms with Crippen LogP contribution in [0.2, 0.25) is 0 Å². The molecule has 1 atom stereocenters. The Balaban J connectivity index is 2.06. The van der Waals surface area contributed by atoms with E-state index in [0.717, 1.165) is 35.8 Å². The summed E-state index contributed by atoms with van der Waals surface area (Å²) in [5.41, 5.74) is 0.843. The minimum atomic E-state index is -0.266. The lowest BCUT2D eigenvalue weighted by atomic mass is 9.98. The first-order valence-electron chi connectivity index (χ1n) is 6.81. The summed E-state index contributed by atoms with van der Waals surface area (Å²) in [4.78, 5) is 13.9. The largest absolute Gasteiger partial charge is 0.338 e. The predicted octanol–water partition coefficient (Wildman–Crippen LogP) is 4.13. The van der Waals surface area contributed by atoms with Crippen LogP contribution in [0, 0.1) is 11.7 Å². The molecular weight excluding hydrogens is 309 g/mol. The fourth-order valence-electron chi connectivity index (χ4n) is 2.59. The second-order valence-corrected chi connectivity index (χ2v) is 6.11. The van der Waals surface area contributed by atoms with Crippen molar-refractivity contribution in [2.75, 3.05) is 6.54 Å². The van der Waals surface area contributed by atoms with Crippen molar-refractivity contribution in [3.05, 3.63) is 34.1 Å². The molecule has 1 saturated heterocycles. The standard InChI is InChI=1S/C15H19BrFNO/c1-2-11-3-4-15(19)18(6-5-11)10-12-7-13(16)9-14(17)8-12/h7-9,11H,2-6,10H2,1H3. The number of likely N-dealkylation sites (tertiary alicyclic amines) is 1. The van der Waals surface area contributed by atoms with Crippen molar-refractivity contribution in [3.8, 4) is 0 Å². The van der Waals surface area contributed by atoms with Gasteiger partial charge in [-0.25, -0.2) is 4.39 Å². The maximum Gasteiger partial charge on any atom is 0.222 e. The molecule has 1 fully saturated rings. The fourth-order valence-corrected chi connectivity index (χ4v) is 3.10. The lowest BCUT2D eigenvalue weighted by Crippen LogP contribution is -2.29. The highest BCUT2D eigenvalue weighted by molar-refractivity contribution is 9.10. The maximum absolute atomic E-state index is 13.3. The summed E-state index contributed by atoms with van der Waals surface area (Å²) in [5, 5.41) is 0. The number of halogens is 2. The first kappa shape index (κ1) is 14.5. The van der Waals surface area contributed by atoms with Crippen LogP contribution in [0.25, 0.3) is 0 Å². The van der Waals surface area contributed by atoms with E-state index in [-0.39, 0.29) is 11.7 Å². The van der Waals surface area contributed by atoms with Gasteiger partial charge in [0.05, 0.1) is 0 Å². The summed E-state index contributed by atoms with van der Waals surface area (Å²) in [5.74, 6) is 0.572. The summed E-state index contributed by atoms with van der Waals surface area (Å²) in [6, 6.07) is 4.81. The summed E-state index contributed by atoms with van der Waals surface area (Å²) in [7, 11) is 0. The minimum absolute atomic E-state index is 0.191. The average Bonchev–Trinajstić information content (AvgIpc) is 2.51. The number of carbonyl (C=O) groups excluding carboxylic acids is 1. The van der Waals surface area contributed by atoms with Crippen molar-refractivity contribution >= 4 is 21.8 Å². The van der Waals surface area contributed by atoms with Gasteiger partial charge in [-0.3, -0.25) is 4.79 Å². The second kappa shape index (κ2) is 6.51. The number of rotatable bonds is 3. The molecule has 0 saturated carbocycles. The molecule has 1 unspecified atom stereocenters. The van der Waals surface area contributed by atoms with Gasteiger partial charge in [0.1, 0.15) is 5.82 Å². The molecule has 1 aliphatic rings. The first-order chi connectivity index (χ1) is 9.08. The third kappa shape index (κ3) is 4.03. The van der Waals surface area contributed by atoms with E-state index < -0.39 is 0 Å². The van der Waals surface area contributed by atoms with E-state index in [1.807, 2.05) is 11.0 Å². The monoisotopic (exact) mass is 327 g/mol. The van der Waals surface area contributed by atoms with Crippen LogP contribution in [0.3, 0.4) is 0 Å². The molecule has 1 aliphatic heterocycles. The molecule has 0 aromatic heterocycles. The summed E-state index contributed by atoms with van der Waals surface area (Å²) in [6.45, 7) is 3.46. The molecule has 1 amide bonds. The van der Waals surface area contributed by atoms with Gasteiger partial charge in [0, 0.05) is 24.0 Å². The van der Waals surface area contributed by atoms with Crippen molar-refractivity contribution < 1.29 is 9.18 Å². The van der Waals surface area contributed by atoms with Crippen molar-refractivity contribution in [3.63, 3.8) is 0 Å². The van der Waals surface area contributed by atoms with E-state index in [1.165, 1.54) is 12.1 Å². The minimum Gasteiger partial charge on any atom is -0.338 e. The molecule has 2 rings (SSSR count). The van der Waals surface area contributed by atoms with Gasteiger partial charge < -0.3 is 4.90 Å². The predicted molar refractivity (Wildman–Crippen MR) is 77.1 cm³/mol. The van der Waals surface area contributed by atoms with E-state index in [0.29, 0.717) is 18.9 Å². The van der Waals surface area contributed by atoms with Crippen LogP contribution in [-0.4, -0.2) is 17.4 Å². The third-order valence-electron chi connectivity index (χ3n) is 3.80. The molecule has 2 nitrogen and oxygen atoms in total. The van der Waals surface area contributed by atoms with Gasteiger partial charge in [0.15, 0.2) is 0 Å². The van der Waals surface area contributed by atoms with Crippen LogP contribution in [0.1, 0.15) is 38.2 Å². The molecule has 0 spiro atoms. The van der Waals surface area contributed by atoms with Gasteiger partial charge >= 0.3 is 0 Å². The highest BCUT2D eigenvalue weighted by Crippen LogP contribution is 2.23. The molecule has 1 aromatic carbocycles. The molecule has 0 aliphatic carbocycles. The summed E-state index contributed by atoms with van der Waals surface area (Å²) in [6.07, 6.45) is 3.79. The lowest BCUT2D eigenvalue weighted by molar-refractivity contribution is -0.131. The van der Waals surface area contributed by atoms with Crippen molar-refractivity contribution in [2.45, 2.75) is 39.2 Å². The highest BCUT2D eigenvalue weighted by Gasteiger charge is 2.21. The Bertz CT molecular complexity index is 443. The van der Waals surface area contributed by atoms with E-state index in [2.05, 4.69) is 22.9 Å². The molecule has 1 aromatic rings. The molecule has 0 bridgehead atoms. The molecule has 4 heteroatoms. The smallest absolute Gasteiger partial charge is 0.222 e. The number of benzene rings is 1. The molecular formula is C15H19BrFNO. The van der Waals surface area contributed by atoms with E-state index in [9.17, 15) is 9.18 Å². The molecule has 19 heavy (non-hydrogen) atoms. The van der Waals surface area contributed by atoms with Gasteiger partial charge in [-0.1, -0.05) is 29.3 Å². The number of hydrogen-bond donors (Lipinski definition) is 0. The number of amides is 1.